The second kappa shape index (κ2) is 5.65. The van der Waals surface area contributed by atoms with Gasteiger partial charge in [0.2, 0.25) is 0 Å². The predicted octanol–water partition coefficient (Wildman–Crippen LogP) is 3.18. The van der Waals surface area contributed by atoms with Crippen LogP contribution in [-0.2, 0) is 4.79 Å². The van der Waals surface area contributed by atoms with E-state index >= 15 is 0 Å². The summed E-state index contributed by atoms with van der Waals surface area (Å²) in [5, 5.41) is 18.2. The minimum absolute atomic E-state index is 0.170. The zero-order valence-corrected chi connectivity index (χ0v) is 10.1. The van der Waals surface area contributed by atoms with Crippen LogP contribution in [0.5, 0.6) is 0 Å². The van der Waals surface area contributed by atoms with Crippen LogP contribution in [0.1, 0.15) is 16.7 Å². The molecule has 0 aliphatic heterocycles. The molecule has 2 rings (SSSR count). The van der Waals surface area contributed by atoms with E-state index in [-0.39, 0.29) is 5.57 Å². The fraction of sp³-hybridized carbons (Fsp3) is 0. The Labute approximate surface area is 111 Å². The maximum absolute atomic E-state index is 11.4. The molecule has 2 aromatic carbocycles. The standard InChI is InChI=1S/C16H11NO2/c17-11-13-7-4-8-14(9-13)15(16(18)19)10-12-5-2-1-3-6-12/h1-10H,(H,18,19). The van der Waals surface area contributed by atoms with Crippen LogP contribution in [0, 0.1) is 11.3 Å². The number of hydrogen-bond donors (Lipinski definition) is 1. The highest BCUT2D eigenvalue weighted by atomic mass is 16.4. The fourth-order valence-corrected chi connectivity index (χ4v) is 1.74. The minimum atomic E-state index is -1.01. The second-order valence-electron chi connectivity index (χ2n) is 3.97. The minimum Gasteiger partial charge on any atom is -0.478 e. The first kappa shape index (κ1) is 12.6. The molecule has 3 nitrogen and oxygen atoms in total. The molecule has 0 unspecified atom stereocenters. The van der Waals surface area contributed by atoms with Gasteiger partial charge >= 0.3 is 5.97 Å². The summed E-state index contributed by atoms with van der Waals surface area (Å²) in [5.74, 6) is -1.01. The van der Waals surface area contributed by atoms with Gasteiger partial charge in [0.25, 0.3) is 0 Å². The molecule has 0 saturated carbocycles. The summed E-state index contributed by atoms with van der Waals surface area (Å²) < 4.78 is 0. The van der Waals surface area contributed by atoms with Gasteiger partial charge in [-0.2, -0.15) is 5.26 Å². The molecular weight excluding hydrogens is 238 g/mol. The maximum atomic E-state index is 11.4. The number of rotatable bonds is 3. The lowest BCUT2D eigenvalue weighted by atomic mass is 10.0. The third kappa shape index (κ3) is 3.08. The smallest absolute Gasteiger partial charge is 0.336 e. The normalized spacial score (nSPS) is 10.8. The summed E-state index contributed by atoms with van der Waals surface area (Å²) in [4.78, 5) is 11.4. The Balaban J connectivity index is 2.50. The van der Waals surface area contributed by atoms with E-state index in [4.69, 9.17) is 5.26 Å². The number of aliphatic carboxylic acids is 1. The van der Waals surface area contributed by atoms with E-state index in [0.717, 1.165) is 5.56 Å². The first-order chi connectivity index (χ1) is 9.20. The lowest BCUT2D eigenvalue weighted by molar-refractivity contribution is -0.130. The summed E-state index contributed by atoms with van der Waals surface area (Å²) in [5.41, 5.74) is 1.94. The molecule has 0 amide bonds. The predicted molar refractivity (Wildman–Crippen MR) is 73.1 cm³/mol. The van der Waals surface area contributed by atoms with Gasteiger partial charge in [-0.25, -0.2) is 4.79 Å². The van der Waals surface area contributed by atoms with Crippen molar-refractivity contribution in [3.63, 3.8) is 0 Å². The number of nitrogens with zero attached hydrogens (tertiary/aromatic N) is 1. The van der Waals surface area contributed by atoms with E-state index < -0.39 is 5.97 Å². The van der Waals surface area contributed by atoms with Gasteiger partial charge in [0.1, 0.15) is 0 Å². The lowest BCUT2D eigenvalue weighted by Crippen LogP contribution is -1.99. The summed E-state index contributed by atoms with van der Waals surface area (Å²) in [6.07, 6.45) is 1.60. The Kier molecular flexibility index (Phi) is 3.75. The van der Waals surface area contributed by atoms with E-state index in [2.05, 4.69) is 0 Å². The highest BCUT2D eigenvalue weighted by molar-refractivity contribution is 6.20. The van der Waals surface area contributed by atoms with Gasteiger partial charge in [-0.15, -0.1) is 0 Å². The Morgan fingerprint density at radius 1 is 1.11 bits per heavy atom. The average Bonchev–Trinajstić information content (AvgIpc) is 2.45. The zero-order valence-electron chi connectivity index (χ0n) is 10.1. The molecule has 0 aliphatic rings. The summed E-state index contributed by atoms with van der Waals surface area (Å²) in [6, 6.07) is 17.8. The molecule has 0 aliphatic carbocycles. The molecule has 0 aromatic heterocycles. The molecule has 0 spiro atoms. The Hall–Kier alpha value is -2.86. The van der Waals surface area contributed by atoms with Crippen LogP contribution < -0.4 is 0 Å². The monoisotopic (exact) mass is 249 g/mol. The number of carboxylic acid groups (broad SMARTS) is 1. The van der Waals surface area contributed by atoms with Crippen molar-refractivity contribution in [1.29, 1.82) is 5.26 Å². The quantitative estimate of drug-likeness (QED) is 0.671. The molecule has 0 radical (unpaired) electrons. The van der Waals surface area contributed by atoms with Gasteiger partial charge < -0.3 is 5.11 Å². The average molecular weight is 249 g/mol. The molecule has 2 aromatic rings. The highest BCUT2D eigenvalue weighted by Crippen LogP contribution is 2.19. The van der Waals surface area contributed by atoms with E-state index in [1.54, 1.807) is 30.3 Å². The second-order valence-corrected chi connectivity index (χ2v) is 3.97. The number of hydrogen-bond acceptors (Lipinski definition) is 2. The molecular formula is C16H11NO2. The highest BCUT2D eigenvalue weighted by Gasteiger charge is 2.10. The van der Waals surface area contributed by atoms with Crippen molar-refractivity contribution in [3.8, 4) is 6.07 Å². The molecule has 3 heteroatoms. The molecule has 0 fully saturated rings. The van der Waals surface area contributed by atoms with Crippen molar-refractivity contribution < 1.29 is 9.90 Å². The van der Waals surface area contributed by atoms with Crippen molar-refractivity contribution in [2.45, 2.75) is 0 Å². The van der Waals surface area contributed by atoms with Crippen LogP contribution in [0.15, 0.2) is 54.6 Å². The Morgan fingerprint density at radius 2 is 1.84 bits per heavy atom. The van der Waals surface area contributed by atoms with Crippen molar-refractivity contribution >= 4 is 17.6 Å². The zero-order chi connectivity index (χ0) is 13.7. The number of carbonyl (C=O) groups is 1. The van der Waals surface area contributed by atoms with Gasteiger partial charge in [-0.3, -0.25) is 0 Å². The van der Waals surface area contributed by atoms with Crippen LogP contribution in [0.25, 0.3) is 11.6 Å². The maximum Gasteiger partial charge on any atom is 0.336 e. The van der Waals surface area contributed by atoms with Crippen LogP contribution in [-0.4, -0.2) is 11.1 Å². The molecule has 0 saturated heterocycles. The van der Waals surface area contributed by atoms with Crippen LogP contribution in [0.2, 0.25) is 0 Å². The van der Waals surface area contributed by atoms with E-state index in [0.29, 0.717) is 11.1 Å². The lowest BCUT2D eigenvalue weighted by Gasteiger charge is -2.03. The fourth-order valence-electron chi connectivity index (χ4n) is 1.74. The molecule has 0 atom stereocenters. The Bertz CT molecular complexity index is 667. The van der Waals surface area contributed by atoms with Crippen molar-refractivity contribution in [3.05, 3.63) is 71.3 Å². The molecule has 0 heterocycles. The van der Waals surface area contributed by atoms with Gasteiger partial charge in [-0.05, 0) is 29.3 Å². The van der Waals surface area contributed by atoms with Gasteiger partial charge in [0.05, 0.1) is 17.2 Å². The molecule has 92 valence electrons. The van der Waals surface area contributed by atoms with Crippen LogP contribution in [0.4, 0.5) is 0 Å². The first-order valence-corrected chi connectivity index (χ1v) is 5.71. The topological polar surface area (TPSA) is 61.1 Å². The number of nitriles is 1. The van der Waals surface area contributed by atoms with Crippen molar-refractivity contribution in [2.75, 3.05) is 0 Å². The van der Waals surface area contributed by atoms with Crippen LogP contribution >= 0.6 is 0 Å². The summed E-state index contributed by atoms with van der Waals surface area (Å²) >= 11 is 0. The van der Waals surface area contributed by atoms with Gasteiger partial charge in [0.15, 0.2) is 0 Å². The van der Waals surface area contributed by atoms with E-state index in [1.807, 2.05) is 36.4 Å². The van der Waals surface area contributed by atoms with Gasteiger partial charge in [-0.1, -0.05) is 42.5 Å². The van der Waals surface area contributed by atoms with E-state index in [9.17, 15) is 9.90 Å². The largest absolute Gasteiger partial charge is 0.478 e. The van der Waals surface area contributed by atoms with Crippen molar-refractivity contribution in [2.24, 2.45) is 0 Å². The Morgan fingerprint density at radius 3 is 2.47 bits per heavy atom. The van der Waals surface area contributed by atoms with Gasteiger partial charge in [0, 0.05) is 0 Å². The SMILES string of the molecule is N#Cc1cccc(C(=Cc2ccccc2)C(=O)O)c1. The molecule has 1 N–H and O–H groups in total. The molecule has 19 heavy (non-hydrogen) atoms. The van der Waals surface area contributed by atoms with E-state index in [1.165, 1.54) is 0 Å². The molecule has 0 bridgehead atoms. The number of benzene rings is 2. The first-order valence-electron chi connectivity index (χ1n) is 5.71. The summed E-state index contributed by atoms with van der Waals surface area (Å²) in [6.45, 7) is 0. The van der Waals surface area contributed by atoms with Crippen molar-refractivity contribution in [1.82, 2.24) is 0 Å². The summed E-state index contributed by atoms with van der Waals surface area (Å²) in [7, 11) is 0. The third-order valence-corrected chi connectivity index (χ3v) is 2.64. The number of carboxylic acids is 1. The third-order valence-electron chi connectivity index (χ3n) is 2.64. The van der Waals surface area contributed by atoms with Crippen LogP contribution in [0.3, 0.4) is 0 Å².